The second-order valence-electron chi connectivity index (χ2n) is 9.48. The van der Waals surface area contributed by atoms with Crippen molar-refractivity contribution < 1.29 is 19.0 Å². The van der Waals surface area contributed by atoms with Crippen LogP contribution in [0.3, 0.4) is 0 Å². The molecule has 6 rings (SSSR count). The average molecular weight is 518 g/mol. The molecule has 2 aromatic carbocycles. The van der Waals surface area contributed by atoms with E-state index < -0.39 is 5.79 Å². The maximum Gasteiger partial charge on any atom is 0.323 e. The Labute approximate surface area is 221 Å². The van der Waals surface area contributed by atoms with Crippen molar-refractivity contribution in [1.29, 1.82) is 0 Å². The zero-order valence-electron chi connectivity index (χ0n) is 21.1. The topological polar surface area (TPSA) is 114 Å². The number of hydrogen-bond acceptors (Lipinski definition) is 9. The van der Waals surface area contributed by atoms with E-state index in [4.69, 9.17) is 29.2 Å². The number of benzene rings is 2. The van der Waals surface area contributed by atoms with Gasteiger partial charge in [0.1, 0.15) is 0 Å². The van der Waals surface area contributed by atoms with Crippen molar-refractivity contribution in [3.8, 4) is 11.4 Å². The molecule has 2 amide bonds. The number of ether oxygens (including phenoxy) is 3. The number of para-hydroxylation sites is 1. The van der Waals surface area contributed by atoms with Crippen LogP contribution in [0.1, 0.15) is 12.8 Å². The van der Waals surface area contributed by atoms with E-state index in [-0.39, 0.29) is 6.03 Å². The standard InChI is InChI=1S/C27H31N7O4/c35-26(28-21-4-2-1-3-5-21)29-22-8-6-20(7-9-22)23-30-24(32-25(31-23)34-14-16-36-17-15-34)33-12-10-27(11-13-33)37-18-19-38-27/h1-9H,10-19H2,(H2,28,29,35). The van der Waals surface area contributed by atoms with Crippen molar-refractivity contribution in [3.63, 3.8) is 0 Å². The number of nitrogens with zero attached hydrogens (tertiary/aromatic N) is 5. The Morgan fingerprint density at radius 3 is 1.92 bits per heavy atom. The van der Waals surface area contributed by atoms with Gasteiger partial charge in [-0.2, -0.15) is 15.0 Å². The van der Waals surface area contributed by atoms with E-state index in [0.29, 0.717) is 49.8 Å². The van der Waals surface area contributed by atoms with Gasteiger partial charge in [-0.25, -0.2) is 4.79 Å². The highest BCUT2D eigenvalue weighted by molar-refractivity contribution is 5.99. The quantitative estimate of drug-likeness (QED) is 0.526. The van der Waals surface area contributed by atoms with Crippen molar-refractivity contribution >= 4 is 29.3 Å². The number of carbonyl (C=O) groups is 1. The Kier molecular flexibility index (Phi) is 7.04. The van der Waals surface area contributed by atoms with Crippen LogP contribution in [0.5, 0.6) is 0 Å². The number of carbonyl (C=O) groups excluding carboxylic acids is 1. The minimum Gasteiger partial charge on any atom is -0.378 e. The van der Waals surface area contributed by atoms with E-state index in [2.05, 4.69) is 20.4 Å². The first-order valence-corrected chi connectivity index (χ1v) is 13.0. The summed E-state index contributed by atoms with van der Waals surface area (Å²) in [6.45, 7) is 5.52. The van der Waals surface area contributed by atoms with Crippen LogP contribution >= 0.6 is 0 Å². The van der Waals surface area contributed by atoms with Crippen molar-refractivity contribution in [2.24, 2.45) is 0 Å². The molecule has 3 aliphatic rings. The Balaban J connectivity index is 1.21. The monoisotopic (exact) mass is 517 g/mol. The van der Waals surface area contributed by atoms with Gasteiger partial charge in [0.05, 0.1) is 26.4 Å². The number of hydrogen-bond donors (Lipinski definition) is 2. The zero-order chi connectivity index (χ0) is 25.8. The molecule has 38 heavy (non-hydrogen) atoms. The smallest absolute Gasteiger partial charge is 0.323 e. The number of rotatable bonds is 5. The van der Waals surface area contributed by atoms with E-state index in [1.807, 2.05) is 54.6 Å². The van der Waals surface area contributed by atoms with E-state index in [1.165, 1.54) is 0 Å². The summed E-state index contributed by atoms with van der Waals surface area (Å²) in [6.07, 6.45) is 1.54. The Morgan fingerprint density at radius 1 is 0.711 bits per heavy atom. The van der Waals surface area contributed by atoms with Gasteiger partial charge in [0.25, 0.3) is 0 Å². The molecule has 3 saturated heterocycles. The van der Waals surface area contributed by atoms with E-state index >= 15 is 0 Å². The number of morpholine rings is 1. The van der Waals surface area contributed by atoms with Gasteiger partial charge in [-0.1, -0.05) is 18.2 Å². The first-order chi connectivity index (χ1) is 18.7. The Bertz CT molecular complexity index is 1240. The van der Waals surface area contributed by atoms with Crippen LogP contribution in [0.4, 0.5) is 28.1 Å². The zero-order valence-corrected chi connectivity index (χ0v) is 21.1. The fourth-order valence-corrected chi connectivity index (χ4v) is 4.88. The Morgan fingerprint density at radius 2 is 1.29 bits per heavy atom. The molecule has 11 nitrogen and oxygen atoms in total. The third-order valence-corrected chi connectivity index (χ3v) is 6.96. The summed E-state index contributed by atoms with van der Waals surface area (Å²) in [5.74, 6) is 1.42. The molecule has 3 fully saturated rings. The number of piperidine rings is 1. The summed E-state index contributed by atoms with van der Waals surface area (Å²) in [5, 5.41) is 5.68. The molecule has 3 aliphatic heterocycles. The number of anilines is 4. The molecule has 2 N–H and O–H groups in total. The highest BCUT2D eigenvalue weighted by atomic mass is 16.7. The van der Waals surface area contributed by atoms with Gasteiger partial charge in [-0.3, -0.25) is 0 Å². The van der Waals surface area contributed by atoms with Crippen LogP contribution in [-0.2, 0) is 14.2 Å². The first-order valence-electron chi connectivity index (χ1n) is 13.0. The van der Waals surface area contributed by atoms with Crippen LogP contribution in [-0.4, -0.2) is 79.4 Å². The minimum absolute atomic E-state index is 0.306. The van der Waals surface area contributed by atoms with Gasteiger partial charge in [-0.15, -0.1) is 0 Å². The lowest BCUT2D eigenvalue weighted by Crippen LogP contribution is -2.46. The van der Waals surface area contributed by atoms with E-state index in [0.717, 1.165) is 50.3 Å². The number of amides is 2. The van der Waals surface area contributed by atoms with Crippen LogP contribution in [0.2, 0.25) is 0 Å². The minimum atomic E-state index is -0.463. The van der Waals surface area contributed by atoms with Gasteiger partial charge >= 0.3 is 6.03 Å². The number of urea groups is 1. The van der Waals surface area contributed by atoms with Crippen molar-refractivity contribution in [2.75, 3.05) is 73.0 Å². The second kappa shape index (κ2) is 10.9. The van der Waals surface area contributed by atoms with Crippen LogP contribution in [0, 0.1) is 0 Å². The van der Waals surface area contributed by atoms with E-state index in [1.54, 1.807) is 0 Å². The maximum absolute atomic E-state index is 12.4. The largest absolute Gasteiger partial charge is 0.378 e. The third kappa shape index (κ3) is 5.54. The van der Waals surface area contributed by atoms with Gasteiger partial charge in [-0.05, 0) is 36.4 Å². The van der Waals surface area contributed by atoms with Crippen molar-refractivity contribution in [2.45, 2.75) is 18.6 Å². The van der Waals surface area contributed by atoms with Gasteiger partial charge < -0.3 is 34.6 Å². The van der Waals surface area contributed by atoms with Gasteiger partial charge in [0.2, 0.25) is 11.9 Å². The fraction of sp³-hybridized carbons (Fsp3) is 0.407. The summed E-state index contributed by atoms with van der Waals surface area (Å²) in [7, 11) is 0. The molecular weight excluding hydrogens is 486 g/mol. The molecule has 0 atom stereocenters. The molecular formula is C27H31N7O4. The molecule has 4 heterocycles. The van der Waals surface area contributed by atoms with Crippen molar-refractivity contribution in [1.82, 2.24) is 15.0 Å². The molecule has 1 spiro atoms. The molecule has 0 unspecified atom stereocenters. The summed E-state index contributed by atoms with van der Waals surface area (Å²) in [4.78, 5) is 31.2. The van der Waals surface area contributed by atoms with Crippen LogP contribution in [0.25, 0.3) is 11.4 Å². The predicted molar refractivity (Wildman–Crippen MR) is 143 cm³/mol. The molecule has 1 aromatic heterocycles. The Hall–Kier alpha value is -3.80. The van der Waals surface area contributed by atoms with E-state index in [9.17, 15) is 4.79 Å². The average Bonchev–Trinajstić information content (AvgIpc) is 3.42. The summed E-state index contributed by atoms with van der Waals surface area (Å²) >= 11 is 0. The van der Waals surface area contributed by atoms with Crippen molar-refractivity contribution in [3.05, 3.63) is 54.6 Å². The van der Waals surface area contributed by atoms with Crippen LogP contribution in [0.15, 0.2) is 54.6 Å². The molecule has 0 radical (unpaired) electrons. The summed E-state index contributed by atoms with van der Waals surface area (Å²) in [6, 6.07) is 16.5. The lowest BCUT2D eigenvalue weighted by Gasteiger charge is -2.37. The van der Waals surface area contributed by atoms with Gasteiger partial charge in [0, 0.05) is 56.0 Å². The molecule has 198 valence electrons. The first kappa shape index (κ1) is 24.5. The summed E-state index contributed by atoms with van der Waals surface area (Å²) in [5.41, 5.74) is 2.24. The normalized spacial score (nSPS) is 18.9. The lowest BCUT2D eigenvalue weighted by molar-refractivity contribution is -0.169. The predicted octanol–water partition coefficient (Wildman–Crippen LogP) is 3.36. The third-order valence-electron chi connectivity index (χ3n) is 6.96. The lowest BCUT2D eigenvalue weighted by atomic mass is 10.0. The molecule has 0 saturated carbocycles. The molecule has 11 heteroatoms. The molecule has 3 aromatic rings. The second-order valence-corrected chi connectivity index (χ2v) is 9.48. The van der Waals surface area contributed by atoms with Gasteiger partial charge in [0.15, 0.2) is 11.6 Å². The highest BCUT2D eigenvalue weighted by Crippen LogP contribution is 2.33. The maximum atomic E-state index is 12.4. The summed E-state index contributed by atoms with van der Waals surface area (Å²) < 4.78 is 17.3. The van der Waals surface area contributed by atoms with Crippen LogP contribution < -0.4 is 20.4 Å². The molecule has 0 bridgehead atoms. The SMILES string of the molecule is O=C(Nc1ccccc1)Nc1ccc(-c2nc(N3CCOCC3)nc(N3CCC4(CC3)OCCO4)n2)cc1. The highest BCUT2D eigenvalue weighted by Gasteiger charge is 2.40. The number of nitrogens with one attached hydrogen (secondary N) is 2. The molecule has 0 aliphatic carbocycles. The fourth-order valence-electron chi connectivity index (χ4n) is 4.88. The number of aromatic nitrogens is 3.